The average molecular weight is 240 g/mol. The summed E-state index contributed by atoms with van der Waals surface area (Å²) in [5, 5.41) is 8.58. The Labute approximate surface area is 97.3 Å². The van der Waals surface area contributed by atoms with E-state index in [9.17, 15) is 13.2 Å². The molecule has 2 nitrogen and oxygen atoms in total. The zero-order chi connectivity index (χ0) is 12.5. The third kappa shape index (κ3) is 2.77. The first-order valence-corrected chi connectivity index (χ1v) is 5.29. The Bertz CT molecular complexity index is 465. The maximum atomic E-state index is 13.5. The Kier molecular flexibility index (Phi) is 3.07. The van der Waals surface area contributed by atoms with E-state index in [4.69, 9.17) is 5.26 Å². The van der Waals surface area contributed by atoms with Crippen molar-refractivity contribution >= 4 is 0 Å². The lowest BCUT2D eigenvalue weighted by Gasteiger charge is -2.15. The Morgan fingerprint density at radius 2 is 2.18 bits per heavy atom. The van der Waals surface area contributed by atoms with Crippen molar-refractivity contribution in [2.24, 2.45) is 0 Å². The van der Waals surface area contributed by atoms with E-state index < -0.39 is 11.7 Å². The molecule has 1 aromatic rings. The number of alkyl halides is 2. The smallest absolute Gasteiger partial charge is 0.261 e. The van der Waals surface area contributed by atoms with Gasteiger partial charge in [0.25, 0.3) is 5.92 Å². The number of nitriles is 1. The monoisotopic (exact) mass is 240 g/mol. The van der Waals surface area contributed by atoms with Crippen LogP contribution >= 0.6 is 0 Å². The average Bonchev–Trinajstić information content (AvgIpc) is 2.61. The van der Waals surface area contributed by atoms with Crippen molar-refractivity contribution in [2.45, 2.75) is 18.9 Å². The van der Waals surface area contributed by atoms with Crippen molar-refractivity contribution in [3.63, 3.8) is 0 Å². The molecule has 0 aliphatic carbocycles. The van der Waals surface area contributed by atoms with Gasteiger partial charge >= 0.3 is 0 Å². The van der Waals surface area contributed by atoms with Gasteiger partial charge < -0.3 is 0 Å². The molecule has 1 aromatic carbocycles. The van der Waals surface area contributed by atoms with Crippen LogP contribution in [0.25, 0.3) is 0 Å². The first kappa shape index (κ1) is 11.9. The van der Waals surface area contributed by atoms with Crippen molar-refractivity contribution in [2.75, 3.05) is 13.1 Å². The second kappa shape index (κ2) is 4.38. The normalized spacial score (nSPS) is 19.2. The number of benzene rings is 1. The molecule has 90 valence electrons. The van der Waals surface area contributed by atoms with Crippen molar-refractivity contribution in [3.05, 3.63) is 35.1 Å². The lowest BCUT2D eigenvalue weighted by Crippen LogP contribution is -2.25. The summed E-state index contributed by atoms with van der Waals surface area (Å²) >= 11 is 0. The van der Waals surface area contributed by atoms with E-state index in [2.05, 4.69) is 0 Å². The molecule has 0 atom stereocenters. The number of nitrogens with zero attached hydrogens (tertiary/aromatic N) is 2. The van der Waals surface area contributed by atoms with Gasteiger partial charge in [0.2, 0.25) is 0 Å². The van der Waals surface area contributed by atoms with Crippen LogP contribution < -0.4 is 0 Å². The molecular formula is C12H11F3N2. The molecule has 0 saturated carbocycles. The van der Waals surface area contributed by atoms with E-state index in [0.29, 0.717) is 5.56 Å². The van der Waals surface area contributed by atoms with Crippen LogP contribution in [0.4, 0.5) is 13.2 Å². The quantitative estimate of drug-likeness (QED) is 0.794. The predicted molar refractivity (Wildman–Crippen MR) is 56.0 cm³/mol. The molecular weight excluding hydrogens is 229 g/mol. The molecule has 1 aliphatic rings. The summed E-state index contributed by atoms with van der Waals surface area (Å²) in [6.45, 7) is 0.103. The summed E-state index contributed by atoms with van der Waals surface area (Å²) in [5.41, 5.74) is 0.583. The van der Waals surface area contributed by atoms with Gasteiger partial charge in [-0.1, -0.05) is 6.07 Å². The van der Waals surface area contributed by atoms with E-state index in [-0.39, 0.29) is 31.6 Å². The van der Waals surface area contributed by atoms with Crippen molar-refractivity contribution in [1.82, 2.24) is 4.90 Å². The first-order chi connectivity index (χ1) is 8.00. The molecule has 1 fully saturated rings. The summed E-state index contributed by atoms with van der Waals surface area (Å²) in [6.07, 6.45) is -0.176. The Morgan fingerprint density at radius 1 is 1.41 bits per heavy atom. The van der Waals surface area contributed by atoms with Gasteiger partial charge in [-0.2, -0.15) is 5.26 Å². The van der Waals surface area contributed by atoms with E-state index >= 15 is 0 Å². The lowest BCUT2D eigenvalue weighted by atomic mass is 10.1. The summed E-state index contributed by atoms with van der Waals surface area (Å²) in [6, 6.07) is 5.93. The highest BCUT2D eigenvalue weighted by molar-refractivity contribution is 5.32. The zero-order valence-corrected chi connectivity index (χ0v) is 9.09. The summed E-state index contributed by atoms with van der Waals surface area (Å²) in [5.74, 6) is -3.18. The molecule has 17 heavy (non-hydrogen) atoms. The van der Waals surface area contributed by atoms with Gasteiger partial charge in [0, 0.05) is 25.1 Å². The van der Waals surface area contributed by atoms with Crippen LogP contribution in [-0.4, -0.2) is 23.9 Å². The number of hydrogen-bond donors (Lipinski definition) is 0. The van der Waals surface area contributed by atoms with Crippen molar-refractivity contribution in [1.29, 1.82) is 5.26 Å². The van der Waals surface area contributed by atoms with Gasteiger partial charge in [0.1, 0.15) is 5.82 Å². The molecule has 0 bridgehead atoms. The van der Waals surface area contributed by atoms with E-state index in [1.54, 1.807) is 0 Å². The third-order valence-electron chi connectivity index (χ3n) is 2.82. The zero-order valence-electron chi connectivity index (χ0n) is 9.09. The molecule has 0 unspecified atom stereocenters. The minimum atomic E-state index is -2.66. The number of halogens is 3. The Balaban J connectivity index is 2.08. The highest BCUT2D eigenvalue weighted by atomic mass is 19.3. The number of hydrogen-bond acceptors (Lipinski definition) is 2. The molecule has 1 heterocycles. The van der Waals surface area contributed by atoms with Gasteiger partial charge in [-0.3, -0.25) is 4.90 Å². The largest absolute Gasteiger partial charge is 0.293 e. The second-order valence-corrected chi connectivity index (χ2v) is 4.23. The van der Waals surface area contributed by atoms with Crippen LogP contribution in [0.3, 0.4) is 0 Å². The molecule has 5 heteroatoms. The van der Waals surface area contributed by atoms with Gasteiger partial charge in [0.15, 0.2) is 0 Å². The molecule has 0 spiro atoms. The van der Waals surface area contributed by atoms with Crippen molar-refractivity contribution < 1.29 is 13.2 Å². The highest BCUT2D eigenvalue weighted by Crippen LogP contribution is 2.28. The highest BCUT2D eigenvalue weighted by Gasteiger charge is 2.38. The fourth-order valence-corrected chi connectivity index (χ4v) is 1.93. The SMILES string of the molecule is N#Cc1ccc(CN2CCC(F)(F)C2)c(F)c1. The molecule has 1 aliphatic heterocycles. The van der Waals surface area contributed by atoms with Crippen LogP contribution in [0.2, 0.25) is 0 Å². The molecule has 0 radical (unpaired) electrons. The minimum Gasteiger partial charge on any atom is -0.293 e. The van der Waals surface area contributed by atoms with Crippen LogP contribution in [0, 0.1) is 17.1 Å². The lowest BCUT2D eigenvalue weighted by molar-refractivity contribution is 0.0114. The maximum Gasteiger partial charge on any atom is 0.261 e. The summed E-state index contributed by atoms with van der Waals surface area (Å²) < 4.78 is 39.4. The van der Waals surface area contributed by atoms with Crippen molar-refractivity contribution in [3.8, 4) is 6.07 Å². The van der Waals surface area contributed by atoms with Crippen LogP contribution in [-0.2, 0) is 6.54 Å². The van der Waals surface area contributed by atoms with Gasteiger partial charge in [-0.05, 0) is 12.1 Å². The molecule has 0 aromatic heterocycles. The topological polar surface area (TPSA) is 27.0 Å². The van der Waals surface area contributed by atoms with Crippen LogP contribution in [0.1, 0.15) is 17.5 Å². The van der Waals surface area contributed by atoms with Gasteiger partial charge in [-0.15, -0.1) is 0 Å². The van der Waals surface area contributed by atoms with E-state index in [1.807, 2.05) is 6.07 Å². The van der Waals surface area contributed by atoms with E-state index in [0.717, 1.165) is 6.07 Å². The maximum absolute atomic E-state index is 13.5. The summed E-state index contributed by atoms with van der Waals surface area (Å²) in [4.78, 5) is 1.52. The standard InChI is InChI=1S/C12H11F3N2/c13-11-5-9(6-16)1-2-10(11)7-17-4-3-12(14,15)8-17/h1-2,5H,3-4,7-8H2. The molecule has 0 amide bonds. The van der Waals surface area contributed by atoms with Gasteiger partial charge in [0.05, 0.1) is 18.2 Å². The van der Waals surface area contributed by atoms with Crippen LogP contribution in [0.15, 0.2) is 18.2 Å². The van der Waals surface area contributed by atoms with Gasteiger partial charge in [-0.25, -0.2) is 13.2 Å². The molecule has 0 N–H and O–H groups in total. The third-order valence-corrected chi connectivity index (χ3v) is 2.82. The molecule has 1 saturated heterocycles. The fraction of sp³-hybridized carbons (Fsp3) is 0.417. The second-order valence-electron chi connectivity index (χ2n) is 4.23. The number of rotatable bonds is 2. The Hall–Kier alpha value is -1.54. The number of likely N-dealkylation sites (tertiary alicyclic amines) is 1. The van der Waals surface area contributed by atoms with Crippen LogP contribution in [0.5, 0.6) is 0 Å². The summed E-state index contributed by atoms with van der Waals surface area (Å²) in [7, 11) is 0. The minimum absolute atomic E-state index is 0.160. The first-order valence-electron chi connectivity index (χ1n) is 5.29. The fourth-order valence-electron chi connectivity index (χ4n) is 1.93. The predicted octanol–water partition coefficient (Wildman–Crippen LogP) is 2.54. The Morgan fingerprint density at radius 3 is 2.71 bits per heavy atom. The molecule has 2 rings (SSSR count). The van der Waals surface area contributed by atoms with E-state index in [1.165, 1.54) is 17.0 Å².